The van der Waals surface area contributed by atoms with E-state index in [-0.39, 0.29) is 18.0 Å². The Labute approximate surface area is 120 Å². The van der Waals surface area contributed by atoms with Crippen molar-refractivity contribution in [3.8, 4) is 0 Å². The smallest absolute Gasteiger partial charge is 0.359 e. The van der Waals surface area contributed by atoms with Crippen LogP contribution in [0.5, 0.6) is 0 Å². The molecule has 0 atom stereocenters. The third-order valence-corrected chi connectivity index (χ3v) is 2.47. The van der Waals surface area contributed by atoms with Gasteiger partial charge in [-0.1, -0.05) is 0 Å². The first kappa shape index (κ1) is 14.5. The number of hydrogen-bond acceptors (Lipinski definition) is 8. The fraction of sp³-hybridized carbons (Fsp3) is 0.231. The molecule has 0 spiro atoms. The molecular formula is C13H12N4O4. The Morgan fingerprint density at radius 3 is 2.29 bits per heavy atom. The fourth-order valence-electron chi connectivity index (χ4n) is 1.44. The molecule has 8 heteroatoms. The summed E-state index contributed by atoms with van der Waals surface area (Å²) in [6.45, 7) is 1.72. The van der Waals surface area contributed by atoms with Crippen LogP contribution in [0.3, 0.4) is 0 Å². The van der Waals surface area contributed by atoms with E-state index in [4.69, 9.17) is 4.74 Å². The van der Waals surface area contributed by atoms with E-state index in [9.17, 15) is 9.59 Å². The molecule has 2 aromatic heterocycles. The molecule has 0 unspecified atom stereocenters. The lowest BCUT2D eigenvalue weighted by Gasteiger charge is -2.06. The first-order chi connectivity index (χ1) is 10.1. The van der Waals surface area contributed by atoms with Crippen molar-refractivity contribution < 1.29 is 19.1 Å². The summed E-state index contributed by atoms with van der Waals surface area (Å²) in [4.78, 5) is 31.0. The van der Waals surface area contributed by atoms with Crippen LogP contribution in [0.2, 0.25) is 0 Å². The zero-order valence-electron chi connectivity index (χ0n) is 11.4. The van der Waals surface area contributed by atoms with E-state index in [2.05, 4.69) is 24.9 Å². The number of hydrogen-bond donors (Lipinski definition) is 0. The minimum atomic E-state index is -0.786. The molecule has 0 aliphatic rings. The summed E-state index contributed by atoms with van der Waals surface area (Å²) in [5, 5.41) is 7.71. The van der Waals surface area contributed by atoms with Gasteiger partial charge in [-0.2, -0.15) is 10.2 Å². The molecule has 0 saturated heterocycles. The molecule has 21 heavy (non-hydrogen) atoms. The second-order valence-corrected chi connectivity index (χ2v) is 3.99. The molecule has 0 bridgehead atoms. The van der Waals surface area contributed by atoms with Gasteiger partial charge in [-0.3, -0.25) is 0 Å². The van der Waals surface area contributed by atoms with Crippen LogP contribution < -0.4 is 0 Å². The van der Waals surface area contributed by atoms with Gasteiger partial charge in [0.25, 0.3) is 0 Å². The van der Waals surface area contributed by atoms with E-state index in [0.29, 0.717) is 5.69 Å². The summed E-state index contributed by atoms with van der Waals surface area (Å²) >= 11 is 0. The molecule has 8 nitrogen and oxygen atoms in total. The van der Waals surface area contributed by atoms with Crippen LogP contribution in [-0.2, 0) is 16.1 Å². The largest absolute Gasteiger partial charge is 0.464 e. The van der Waals surface area contributed by atoms with Crippen molar-refractivity contribution in [2.45, 2.75) is 13.5 Å². The number of rotatable bonds is 4. The van der Waals surface area contributed by atoms with Gasteiger partial charge in [0, 0.05) is 12.4 Å². The third-order valence-electron chi connectivity index (χ3n) is 2.47. The number of esters is 2. The molecule has 0 aliphatic heterocycles. The van der Waals surface area contributed by atoms with E-state index >= 15 is 0 Å². The van der Waals surface area contributed by atoms with Gasteiger partial charge >= 0.3 is 11.9 Å². The molecular weight excluding hydrogens is 276 g/mol. The summed E-state index contributed by atoms with van der Waals surface area (Å²) in [5.74, 6) is -1.55. The molecule has 0 aromatic carbocycles. The molecule has 2 rings (SSSR count). The minimum Gasteiger partial charge on any atom is -0.464 e. The predicted molar refractivity (Wildman–Crippen MR) is 69.3 cm³/mol. The van der Waals surface area contributed by atoms with Gasteiger partial charge in [0.15, 0.2) is 11.4 Å². The average molecular weight is 288 g/mol. The van der Waals surface area contributed by atoms with Crippen molar-refractivity contribution in [1.82, 2.24) is 20.2 Å². The Bertz CT molecular complexity index is 657. The van der Waals surface area contributed by atoms with Gasteiger partial charge < -0.3 is 9.47 Å². The van der Waals surface area contributed by atoms with Crippen LogP contribution >= 0.6 is 0 Å². The summed E-state index contributed by atoms with van der Waals surface area (Å²) in [5.41, 5.74) is 0.842. The van der Waals surface area contributed by atoms with Crippen LogP contribution in [0.15, 0.2) is 24.5 Å². The van der Waals surface area contributed by atoms with Gasteiger partial charge in [0.2, 0.25) is 0 Å². The van der Waals surface area contributed by atoms with Gasteiger partial charge in [-0.25, -0.2) is 19.6 Å². The lowest BCUT2D eigenvalue weighted by atomic mass is 10.3. The van der Waals surface area contributed by atoms with Crippen LogP contribution in [0.1, 0.15) is 32.4 Å². The standard InChI is InChI=1S/C13H12N4O4/c1-8-3-4-9(17-16-8)7-21-13(19)11-10(12(18)20-2)14-5-6-15-11/h3-6H,7H2,1-2H3. The Morgan fingerprint density at radius 1 is 1.05 bits per heavy atom. The SMILES string of the molecule is COC(=O)c1nccnc1C(=O)OCc1ccc(C)nn1. The number of ether oxygens (including phenoxy) is 2. The van der Waals surface area contributed by atoms with Gasteiger partial charge in [-0.05, 0) is 19.1 Å². The highest BCUT2D eigenvalue weighted by Gasteiger charge is 2.22. The second-order valence-electron chi connectivity index (χ2n) is 3.99. The number of aryl methyl sites for hydroxylation is 1. The van der Waals surface area contributed by atoms with E-state index < -0.39 is 11.9 Å². The van der Waals surface area contributed by atoms with Crippen LogP contribution in [0.4, 0.5) is 0 Å². The molecule has 0 saturated carbocycles. The molecule has 2 heterocycles. The van der Waals surface area contributed by atoms with Crippen LogP contribution in [-0.4, -0.2) is 39.2 Å². The summed E-state index contributed by atoms with van der Waals surface area (Å²) in [7, 11) is 1.19. The topological polar surface area (TPSA) is 104 Å². The first-order valence-electron chi connectivity index (χ1n) is 5.97. The molecule has 0 radical (unpaired) electrons. The van der Waals surface area contributed by atoms with Gasteiger partial charge in [0.1, 0.15) is 12.3 Å². The maximum atomic E-state index is 11.9. The molecule has 108 valence electrons. The van der Waals surface area contributed by atoms with Crippen LogP contribution in [0, 0.1) is 6.92 Å². The molecule has 0 N–H and O–H groups in total. The third kappa shape index (κ3) is 3.56. The minimum absolute atomic E-state index is 0.0801. The highest BCUT2D eigenvalue weighted by molar-refractivity contribution is 6.00. The number of nitrogens with zero attached hydrogens (tertiary/aromatic N) is 4. The lowest BCUT2D eigenvalue weighted by molar-refractivity contribution is 0.0442. The van der Waals surface area contributed by atoms with Crippen molar-refractivity contribution in [1.29, 1.82) is 0 Å². The van der Waals surface area contributed by atoms with Gasteiger partial charge in [0.05, 0.1) is 12.8 Å². The lowest BCUT2D eigenvalue weighted by Crippen LogP contribution is -2.16. The van der Waals surface area contributed by atoms with E-state index in [1.165, 1.54) is 19.5 Å². The van der Waals surface area contributed by atoms with Crippen molar-refractivity contribution in [3.63, 3.8) is 0 Å². The normalized spacial score (nSPS) is 10.0. The molecule has 0 aliphatic carbocycles. The average Bonchev–Trinajstić information content (AvgIpc) is 2.53. The van der Waals surface area contributed by atoms with E-state index in [0.717, 1.165) is 5.69 Å². The first-order valence-corrected chi connectivity index (χ1v) is 5.97. The number of carbonyl (C=O) groups is 2. The van der Waals surface area contributed by atoms with E-state index in [1.807, 2.05) is 0 Å². The maximum absolute atomic E-state index is 11.9. The monoisotopic (exact) mass is 288 g/mol. The predicted octanol–water partition coefficient (Wildman–Crippen LogP) is 0.719. The zero-order valence-corrected chi connectivity index (χ0v) is 11.4. The molecule has 0 amide bonds. The van der Waals surface area contributed by atoms with E-state index in [1.54, 1.807) is 19.1 Å². The Kier molecular flexibility index (Phi) is 4.50. The summed E-state index contributed by atoms with van der Waals surface area (Å²) < 4.78 is 9.57. The second kappa shape index (κ2) is 6.51. The van der Waals surface area contributed by atoms with Crippen molar-refractivity contribution >= 4 is 11.9 Å². The van der Waals surface area contributed by atoms with Crippen molar-refractivity contribution in [3.05, 3.63) is 47.3 Å². The van der Waals surface area contributed by atoms with Crippen LogP contribution in [0.25, 0.3) is 0 Å². The van der Waals surface area contributed by atoms with Gasteiger partial charge in [-0.15, -0.1) is 0 Å². The highest BCUT2D eigenvalue weighted by Crippen LogP contribution is 2.07. The number of methoxy groups -OCH3 is 1. The summed E-state index contributed by atoms with van der Waals surface area (Å²) in [6, 6.07) is 3.44. The summed E-state index contributed by atoms with van der Waals surface area (Å²) in [6.07, 6.45) is 2.57. The Hall–Kier alpha value is -2.90. The van der Waals surface area contributed by atoms with Crippen molar-refractivity contribution in [2.24, 2.45) is 0 Å². The maximum Gasteiger partial charge on any atom is 0.359 e. The fourth-order valence-corrected chi connectivity index (χ4v) is 1.44. The zero-order chi connectivity index (χ0) is 15.2. The number of aromatic nitrogens is 4. The Morgan fingerprint density at radius 2 is 1.71 bits per heavy atom. The molecule has 0 fully saturated rings. The van der Waals surface area contributed by atoms with Crippen molar-refractivity contribution in [2.75, 3.05) is 7.11 Å². The highest BCUT2D eigenvalue weighted by atomic mass is 16.5. The number of carbonyl (C=O) groups excluding carboxylic acids is 2. The quantitative estimate of drug-likeness (QED) is 0.758. The Balaban J connectivity index is 2.10. The molecule has 2 aromatic rings.